The number of nitrogens with zero attached hydrogens (tertiary/aromatic N) is 1. The normalized spacial score (nSPS) is 22.9. The molecular formula is C16H25N3O2. The maximum absolute atomic E-state index is 12.3. The molecule has 21 heavy (non-hydrogen) atoms. The van der Waals surface area contributed by atoms with E-state index in [1.807, 2.05) is 25.1 Å². The molecule has 2 unspecified atom stereocenters. The van der Waals surface area contributed by atoms with Crippen LogP contribution in [-0.4, -0.2) is 49.6 Å². The molecule has 5 heteroatoms. The Balaban J connectivity index is 2.00. The molecule has 0 bridgehead atoms. The van der Waals surface area contributed by atoms with Gasteiger partial charge in [0.05, 0.1) is 19.3 Å². The first-order chi connectivity index (χ1) is 9.99. The van der Waals surface area contributed by atoms with Crippen molar-refractivity contribution in [2.75, 3.05) is 32.1 Å². The van der Waals surface area contributed by atoms with Crippen LogP contribution in [0.5, 0.6) is 5.75 Å². The van der Waals surface area contributed by atoms with Crippen LogP contribution in [0.25, 0.3) is 0 Å². The number of methoxy groups -OCH3 is 1. The number of anilines is 1. The van der Waals surface area contributed by atoms with Crippen LogP contribution in [-0.2, 0) is 4.79 Å². The third-order valence-corrected chi connectivity index (χ3v) is 3.87. The van der Waals surface area contributed by atoms with Crippen LogP contribution >= 0.6 is 0 Å². The van der Waals surface area contributed by atoms with Gasteiger partial charge in [-0.05, 0) is 38.5 Å². The fourth-order valence-electron chi connectivity index (χ4n) is 2.61. The second-order valence-corrected chi connectivity index (χ2v) is 5.84. The summed E-state index contributed by atoms with van der Waals surface area (Å²) in [6.45, 7) is 8.49. The standard InChI is InChI=1S/C16H25N3O2/c1-11-5-6-15(21-4)14(7-11)18-16(20)10-19-9-12(2)17-8-13(19)3/h5-7,12-13,17H,8-10H2,1-4H3,(H,18,20). The molecule has 1 heterocycles. The van der Waals surface area contributed by atoms with Gasteiger partial charge in [0.15, 0.2) is 0 Å². The molecule has 0 aromatic heterocycles. The van der Waals surface area contributed by atoms with Crippen LogP contribution in [0.15, 0.2) is 18.2 Å². The Kier molecular flexibility index (Phi) is 5.20. The number of hydrogen-bond acceptors (Lipinski definition) is 4. The minimum atomic E-state index is -0.000139. The Morgan fingerprint density at radius 2 is 2.24 bits per heavy atom. The monoisotopic (exact) mass is 291 g/mol. The highest BCUT2D eigenvalue weighted by molar-refractivity contribution is 5.93. The summed E-state index contributed by atoms with van der Waals surface area (Å²) in [5, 5.41) is 6.38. The zero-order valence-corrected chi connectivity index (χ0v) is 13.3. The largest absolute Gasteiger partial charge is 0.495 e. The van der Waals surface area contributed by atoms with E-state index < -0.39 is 0 Å². The van der Waals surface area contributed by atoms with Crippen molar-refractivity contribution in [2.45, 2.75) is 32.9 Å². The lowest BCUT2D eigenvalue weighted by molar-refractivity contribution is -0.118. The van der Waals surface area contributed by atoms with E-state index >= 15 is 0 Å². The van der Waals surface area contributed by atoms with E-state index in [2.05, 4.69) is 29.4 Å². The van der Waals surface area contributed by atoms with Crippen molar-refractivity contribution >= 4 is 11.6 Å². The molecule has 0 radical (unpaired) electrons. The van der Waals surface area contributed by atoms with E-state index in [0.717, 1.165) is 24.3 Å². The van der Waals surface area contributed by atoms with Gasteiger partial charge in [-0.15, -0.1) is 0 Å². The Morgan fingerprint density at radius 3 is 2.95 bits per heavy atom. The summed E-state index contributed by atoms with van der Waals surface area (Å²) < 4.78 is 5.29. The number of carbonyl (C=O) groups excluding carboxylic acids is 1. The van der Waals surface area contributed by atoms with Crippen LogP contribution < -0.4 is 15.4 Å². The van der Waals surface area contributed by atoms with E-state index in [4.69, 9.17) is 4.74 Å². The molecule has 5 nitrogen and oxygen atoms in total. The molecule has 1 aliphatic rings. The van der Waals surface area contributed by atoms with Crippen molar-refractivity contribution in [1.29, 1.82) is 0 Å². The van der Waals surface area contributed by atoms with E-state index in [1.165, 1.54) is 0 Å². The van der Waals surface area contributed by atoms with Crippen molar-refractivity contribution in [3.05, 3.63) is 23.8 Å². The molecule has 116 valence electrons. The van der Waals surface area contributed by atoms with Gasteiger partial charge in [-0.25, -0.2) is 0 Å². The molecule has 1 fully saturated rings. The predicted molar refractivity (Wildman–Crippen MR) is 84.9 cm³/mol. The molecule has 2 N–H and O–H groups in total. The maximum atomic E-state index is 12.3. The first-order valence-corrected chi connectivity index (χ1v) is 7.41. The lowest BCUT2D eigenvalue weighted by Crippen LogP contribution is -2.55. The number of nitrogens with one attached hydrogen (secondary N) is 2. The van der Waals surface area contributed by atoms with E-state index in [0.29, 0.717) is 24.4 Å². The second-order valence-electron chi connectivity index (χ2n) is 5.84. The Bertz CT molecular complexity index is 504. The topological polar surface area (TPSA) is 53.6 Å². The summed E-state index contributed by atoms with van der Waals surface area (Å²) in [7, 11) is 1.61. The molecule has 2 rings (SSSR count). The summed E-state index contributed by atoms with van der Waals surface area (Å²) in [6.07, 6.45) is 0. The quantitative estimate of drug-likeness (QED) is 0.885. The SMILES string of the molecule is COc1ccc(C)cc1NC(=O)CN1CC(C)NCC1C. The highest BCUT2D eigenvalue weighted by atomic mass is 16.5. The summed E-state index contributed by atoms with van der Waals surface area (Å²) in [5.74, 6) is 0.690. The molecule has 0 aliphatic carbocycles. The molecular weight excluding hydrogens is 266 g/mol. The maximum Gasteiger partial charge on any atom is 0.238 e. The number of benzene rings is 1. The minimum absolute atomic E-state index is 0.000139. The van der Waals surface area contributed by atoms with Crippen LogP contribution in [0.1, 0.15) is 19.4 Å². The van der Waals surface area contributed by atoms with Gasteiger partial charge in [0.1, 0.15) is 5.75 Å². The Hall–Kier alpha value is -1.59. The lowest BCUT2D eigenvalue weighted by atomic mass is 10.1. The first-order valence-electron chi connectivity index (χ1n) is 7.41. The van der Waals surface area contributed by atoms with Gasteiger partial charge in [0.25, 0.3) is 0 Å². The number of piperazine rings is 1. The van der Waals surface area contributed by atoms with Crippen molar-refractivity contribution in [3.8, 4) is 5.75 Å². The molecule has 0 saturated carbocycles. The zero-order chi connectivity index (χ0) is 15.4. The summed E-state index contributed by atoms with van der Waals surface area (Å²) in [4.78, 5) is 14.5. The molecule has 1 aliphatic heterocycles. The van der Waals surface area contributed by atoms with Crippen molar-refractivity contribution in [2.24, 2.45) is 0 Å². The zero-order valence-electron chi connectivity index (χ0n) is 13.3. The van der Waals surface area contributed by atoms with Gasteiger partial charge in [-0.1, -0.05) is 6.07 Å². The third-order valence-electron chi connectivity index (χ3n) is 3.87. The number of ether oxygens (including phenoxy) is 1. The van der Waals surface area contributed by atoms with E-state index in [9.17, 15) is 4.79 Å². The molecule has 1 saturated heterocycles. The van der Waals surface area contributed by atoms with Gasteiger partial charge in [0.2, 0.25) is 5.91 Å². The van der Waals surface area contributed by atoms with E-state index in [1.54, 1.807) is 7.11 Å². The summed E-state index contributed by atoms with van der Waals surface area (Å²) in [5.41, 5.74) is 1.83. The van der Waals surface area contributed by atoms with Crippen molar-refractivity contribution in [1.82, 2.24) is 10.2 Å². The predicted octanol–water partition coefficient (Wildman–Crippen LogP) is 1.62. The van der Waals surface area contributed by atoms with Crippen LogP contribution in [0, 0.1) is 6.92 Å². The fraction of sp³-hybridized carbons (Fsp3) is 0.562. The number of rotatable bonds is 4. The second kappa shape index (κ2) is 6.91. The lowest BCUT2D eigenvalue weighted by Gasteiger charge is -2.36. The fourth-order valence-corrected chi connectivity index (χ4v) is 2.61. The molecule has 1 amide bonds. The smallest absolute Gasteiger partial charge is 0.238 e. The van der Waals surface area contributed by atoms with Crippen molar-refractivity contribution in [3.63, 3.8) is 0 Å². The van der Waals surface area contributed by atoms with Gasteiger partial charge < -0.3 is 15.4 Å². The van der Waals surface area contributed by atoms with Gasteiger partial charge in [-0.3, -0.25) is 9.69 Å². The van der Waals surface area contributed by atoms with Crippen LogP contribution in [0.2, 0.25) is 0 Å². The summed E-state index contributed by atoms with van der Waals surface area (Å²) >= 11 is 0. The third kappa shape index (κ3) is 4.19. The van der Waals surface area contributed by atoms with E-state index in [-0.39, 0.29) is 5.91 Å². The average Bonchev–Trinajstić information content (AvgIpc) is 2.43. The van der Waals surface area contributed by atoms with Crippen LogP contribution in [0.3, 0.4) is 0 Å². The minimum Gasteiger partial charge on any atom is -0.495 e. The first kappa shape index (κ1) is 15.8. The number of amides is 1. The van der Waals surface area contributed by atoms with Gasteiger partial charge in [0, 0.05) is 25.2 Å². The number of hydrogen-bond donors (Lipinski definition) is 2. The number of carbonyl (C=O) groups is 1. The Labute approximate surface area is 126 Å². The highest BCUT2D eigenvalue weighted by Crippen LogP contribution is 2.25. The molecule has 1 aromatic carbocycles. The average molecular weight is 291 g/mol. The van der Waals surface area contributed by atoms with Crippen molar-refractivity contribution < 1.29 is 9.53 Å². The molecule has 0 spiro atoms. The van der Waals surface area contributed by atoms with Gasteiger partial charge in [-0.2, -0.15) is 0 Å². The summed E-state index contributed by atoms with van der Waals surface area (Å²) in [6, 6.07) is 6.56. The van der Waals surface area contributed by atoms with Crippen LogP contribution in [0.4, 0.5) is 5.69 Å². The molecule has 2 atom stereocenters. The molecule has 1 aromatic rings. The highest BCUT2D eigenvalue weighted by Gasteiger charge is 2.24. The Morgan fingerprint density at radius 1 is 1.48 bits per heavy atom. The number of aryl methyl sites for hydroxylation is 1. The van der Waals surface area contributed by atoms with Gasteiger partial charge >= 0.3 is 0 Å².